The van der Waals surface area contributed by atoms with E-state index < -0.39 is 10.0 Å². The van der Waals surface area contributed by atoms with E-state index in [-0.39, 0.29) is 10.9 Å². The minimum atomic E-state index is -3.36. The molecule has 4 nitrogen and oxygen atoms in total. The van der Waals surface area contributed by atoms with Gasteiger partial charge >= 0.3 is 0 Å². The smallest absolute Gasteiger partial charge is 0.240 e. The first-order chi connectivity index (χ1) is 6.95. The van der Waals surface area contributed by atoms with Crippen LogP contribution >= 0.6 is 0 Å². The van der Waals surface area contributed by atoms with Gasteiger partial charge in [0.1, 0.15) is 0 Å². The van der Waals surface area contributed by atoms with E-state index in [1.165, 1.54) is 0 Å². The van der Waals surface area contributed by atoms with Gasteiger partial charge in [0.25, 0.3) is 0 Å². The van der Waals surface area contributed by atoms with Gasteiger partial charge < -0.3 is 5.32 Å². The molecular formula is C10H16N2O2S. The van der Waals surface area contributed by atoms with Crippen LogP contribution < -0.4 is 10.0 Å². The Labute approximate surface area is 90.8 Å². The standard InChI is InChI=1S/C10H16N2O2S/c1-8(2)12-15(13,14)10-6-4-9(11-3)5-7-10/h4-8,11-12H,1-3H3. The zero-order chi connectivity index (χ0) is 11.5. The van der Waals surface area contributed by atoms with Crippen LogP contribution in [0.2, 0.25) is 0 Å². The number of sulfonamides is 1. The van der Waals surface area contributed by atoms with Crippen molar-refractivity contribution in [2.45, 2.75) is 24.8 Å². The SMILES string of the molecule is CNc1ccc(S(=O)(=O)NC(C)C)cc1. The van der Waals surface area contributed by atoms with E-state index in [1.54, 1.807) is 45.2 Å². The third-order valence-electron chi connectivity index (χ3n) is 1.84. The fourth-order valence-corrected chi connectivity index (χ4v) is 2.43. The molecule has 0 bridgehead atoms. The van der Waals surface area contributed by atoms with Crippen molar-refractivity contribution in [1.29, 1.82) is 0 Å². The number of hydrogen-bond acceptors (Lipinski definition) is 3. The summed E-state index contributed by atoms with van der Waals surface area (Å²) in [5.74, 6) is 0. The van der Waals surface area contributed by atoms with Crippen molar-refractivity contribution in [3.05, 3.63) is 24.3 Å². The van der Waals surface area contributed by atoms with Crippen molar-refractivity contribution >= 4 is 15.7 Å². The number of nitrogens with one attached hydrogen (secondary N) is 2. The van der Waals surface area contributed by atoms with Crippen molar-refractivity contribution in [2.24, 2.45) is 0 Å². The summed E-state index contributed by atoms with van der Waals surface area (Å²) in [6, 6.07) is 6.52. The summed E-state index contributed by atoms with van der Waals surface area (Å²) in [5.41, 5.74) is 0.887. The van der Waals surface area contributed by atoms with E-state index in [4.69, 9.17) is 0 Å². The number of rotatable bonds is 4. The second-order valence-corrected chi connectivity index (χ2v) is 5.26. The highest BCUT2D eigenvalue weighted by molar-refractivity contribution is 7.89. The van der Waals surface area contributed by atoms with Crippen molar-refractivity contribution in [3.8, 4) is 0 Å². The number of hydrogen-bond donors (Lipinski definition) is 2. The van der Waals surface area contributed by atoms with Gasteiger partial charge in [-0.05, 0) is 38.1 Å². The molecule has 1 rings (SSSR count). The Balaban J connectivity index is 2.96. The molecule has 1 aromatic carbocycles. The van der Waals surface area contributed by atoms with Gasteiger partial charge in [0.15, 0.2) is 0 Å². The molecule has 0 fully saturated rings. The van der Waals surface area contributed by atoms with Crippen LogP contribution in [-0.4, -0.2) is 21.5 Å². The summed E-state index contributed by atoms with van der Waals surface area (Å²) in [4.78, 5) is 0.287. The molecule has 0 saturated heterocycles. The van der Waals surface area contributed by atoms with Gasteiger partial charge in [-0.1, -0.05) is 0 Å². The van der Waals surface area contributed by atoms with E-state index in [9.17, 15) is 8.42 Å². The van der Waals surface area contributed by atoms with E-state index >= 15 is 0 Å². The number of anilines is 1. The van der Waals surface area contributed by atoms with Crippen molar-refractivity contribution in [1.82, 2.24) is 4.72 Å². The van der Waals surface area contributed by atoms with Crippen LogP contribution in [0.1, 0.15) is 13.8 Å². The van der Waals surface area contributed by atoms with E-state index in [0.29, 0.717) is 0 Å². The molecule has 0 saturated carbocycles. The average molecular weight is 228 g/mol. The van der Waals surface area contributed by atoms with Crippen LogP contribution in [0, 0.1) is 0 Å². The fourth-order valence-electron chi connectivity index (χ4n) is 1.18. The predicted octanol–water partition coefficient (Wildman–Crippen LogP) is 1.41. The van der Waals surface area contributed by atoms with E-state index in [0.717, 1.165) is 5.69 Å². The van der Waals surface area contributed by atoms with Gasteiger partial charge in [-0.3, -0.25) is 0 Å². The van der Waals surface area contributed by atoms with Crippen LogP contribution in [0.15, 0.2) is 29.2 Å². The Morgan fingerprint density at radius 1 is 1.13 bits per heavy atom. The highest BCUT2D eigenvalue weighted by atomic mass is 32.2. The van der Waals surface area contributed by atoms with E-state index in [1.807, 2.05) is 0 Å². The normalized spacial score (nSPS) is 11.7. The van der Waals surface area contributed by atoms with Gasteiger partial charge in [0.2, 0.25) is 10.0 Å². The molecule has 0 atom stereocenters. The van der Waals surface area contributed by atoms with Crippen LogP contribution in [0.5, 0.6) is 0 Å². The van der Waals surface area contributed by atoms with Gasteiger partial charge in [0, 0.05) is 18.8 Å². The maximum absolute atomic E-state index is 11.7. The Hall–Kier alpha value is -1.07. The highest BCUT2D eigenvalue weighted by Crippen LogP contribution is 2.13. The molecule has 0 aliphatic carbocycles. The van der Waals surface area contributed by atoms with Gasteiger partial charge in [0.05, 0.1) is 4.90 Å². The van der Waals surface area contributed by atoms with E-state index in [2.05, 4.69) is 10.0 Å². The predicted molar refractivity (Wildman–Crippen MR) is 61.4 cm³/mol. The lowest BCUT2D eigenvalue weighted by Crippen LogP contribution is -2.30. The molecule has 0 radical (unpaired) electrons. The van der Waals surface area contributed by atoms with Gasteiger partial charge in [-0.25, -0.2) is 13.1 Å². The minimum Gasteiger partial charge on any atom is -0.388 e. The second kappa shape index (κ2) is 4.63. The summed E-state index contributed by atoms with van der Waals surface area (Å²) in [6.07, 6.45) is 0. The largest absolute Gasteiger partial charge is 0.388 e. The molecule has 84 valence electrons. The lowest BCUT2D eigenvalue weighted by Gasteiger charge is -2.09. The molecule has 1 aromatic rings. The summed E-state index contributed by atoms with van der Waals surface area (Å²) in [7, 11) is -1.57. The van der Waals surface area contributed by atoms with Gasteiger partial charge in [-0.15, -0.1) is 0 Å². The van der Waals surface area contributed by atoms with Crippen molar-refractivity contribution in [2.75, 3.05) is 12.4 Å². The molecule has 0 unspecified atom stereocenters. The third-order valence-corrected chi connectivity index (χ3v) is 3.52. The third kappa shape index (κ3) is 3.21. The molecule has 2 N–H and O–H groups in total. The Kier molecular flexibility index (Phi) is 3.71. The van der Waals surface area contributed by atoms with Gasteiger partial charge in [-0.2, -0.15) is 0 Å². The lowest BCUT2D eigenvalue weighted by molar-refractivity contribution is 0.570. The maximum atomic E-state index is 11.7. The van der Waals surface area contributed by atoms with Crippen LogP contribution in [0.25, 0.3) is 0 Å². The molecule has 0 aliphatic heterocycles. The van der Waals surface area contributed by atoms with Crippen LogP contribution in [0.4, 0.5) is 5.69 Å². The zero-order valence-corrected chi connectivity index (χ0v) is 9.93. The lowest BCUT2D eigenvalue weighted by atomic mass is 10.3. The molecular weight excluding hydrogens is 212 g/mol. The Morgan fingerprint density at radius 2 is 1.67 bits per heavy atom. The first kappa shape index (κ1) is 12.0. The zero-order valence-electron chi connectivity index (χ0n) is 9.11. The molecule has 0 heterocycles. The molecule has 0 amide bonds. The van der Waals surface area contributed by atoms with Crippen molar-refractivity contribution < 1.29 is 8.42 Å². The highest BCUT2D eigenvalue weighted by Gasteiger charge is 2.14. The summed E-state index contributed by atoms with van der Waals surface area (Å²) in [5, 5.41) is 2.93. The number of benzene rings is 1. The molecule has 0 aromatic heterocycles. The quantitative estimate of drug-likeness (QED) is 0.819. The minimum absolute atomic E-state index is 0.0982. The fraction of sp³-hybridized carbons (Fsp3) is 0.400. The first-order valence-electron chi connectivity index (χ1n) is 4.76. The van der Waals surface area contributed by atoms with Crippen LogP contribution in [-0.2, 0) is 10.0 Å². The van der Waals surface area contributed by atoms with Crippen LogP contribution in [0.3, 0.4) is 0 Å². The molecule has 15 heavy (non-hydrogen) atoms. The Bertz CT molecular complexity index is 410. The molecule has 5 heteroatoms. The second-order valence-electron chi connectivity index (χ2n) is 3.55. The maximum Gasteiger partial charge on any atom is 0.240 e. The van der Waals surface area contributed by atoms with Crippen molar-refractivity contribution in [3.63, 3.8) is 0 Å². The topological polar surface area (TPSA) is 58.2 Å². The monoisotopic (exact) mass is 228 g/mol. The average Bonchev–Trinajstić information content (AvgIpc) is 2.16. The first-order valence-corrected chi connectivity index (χ1v) is 6.24. The molecule has 0 spiro atoms. The summed E-state index contributed by atoms with van der Waals surface area (Å²) < 4.78 is 25.9. The Morgan fingerprint density at radius 3 is 2.07 bits per heavy atom. The molecule has 0 aliphatic rings. The summed E-state index contributed by atoms with van der Waals surface area (Å²) >= 11 is 0. The summed E-state index contributed by atoms with van der Waals surface area (Å²) in [6.45, 7) is 3.58.